The van der Waals surface area contributed by atoms with Crippen LogP contribution in [0.1, 0.15) is 26.7 Å². The summed E-state index contributed by atoms with van der Waals surface area (Å²) in [5.74, 6) is -0.146. The summed E-state index contributed by atoms with van der Waals surface area (Å²) in [5, 5.41) is 1.16. The number of benzene rings is 2. The summed E-state index contributed by atoms with van der Waals surface area (Å²) >= 11 is 0. The van der Waals surface area contributed by atoms with E-state index in [4.69, 9.17) is 4.74 Å². The molecular weight excluding hydrogens is 355 g/mol. The number of hydrogen-bond acceptors (Lipinski definition) is 4. The second kappa shape index (κ2) is 9.57. The van der Waals surface area contributed by atoms with E-state index in [1.165, 1.54) is 11.4 Å². The summed E-state index contributed by atoms with van der Waals surface area (Å²) in [6, 6.07) is 21.0. The zero-order valence-corrected chi connectivity index (χ0v) is 16.9. The fraction of sp³-hybridized carbons (Fsp3) is 0.318. The molecule has 1 heterocycles. The Balaban J connectivity index is 1.98. The third-order valence-electron chi connectivity index (χ3n) is 4.42. The van der Waals surface area contributed by atoms with Crippen LogP contribution in [0.3, 0.4) is 0 Å². The molecule has 1 aliphatic heterocycles. The Morgan fingerprint density at radius 1 is 0.963 bits per heavy atom. The predicted molar refractivity (Wildman–Crippen MR) is 114 cm³/mol. The number of para-hydroxylation sites is 2. The maximum Gasteiger partial charge on any atom is 0.310 e. The predicted octanol–water partition coefficient (Wildman–Crippen LogP) is 5.57. The maximum absolute atomic E-state index is 12.3. The van der Waals surface area contributed by atoms with Gasteiger partial charge in [0, 0.05) is 29.8 Å². The van der Waals surface area contributed by atoms with Crippen LogP contribution in [0.15, 0.2) is 72.1 Å². The third-order valence-corrected chi connectivity index (χ3v) is 7.05. The maximum atomic E-state index is 12.3. The SMILES string of the molecule is CC/C=C(\CC(=O)OCC)P1N(c2ccccc2)CCN1c1ccccc1. The van der Waals surface area contributed by atoms with Crippen molar-refractivity contribution in [3.63, 3.8) is 0 Å². The van der Waals surface area contributed by atoms with Gasteiger partial charge in [-0.05, 0) is 37.6 Å². The second-order valence-electron chi connectivity index (χ2n) is 6.29. The van der Waals surface area contributed by atoms with Gasteiger partial charge in [0.1, 0.15) is 8.22 Å². The molecule has 0 aromatic heterocycles. The monoisotopic (exact) mass is 382 g/mol. The first-order valence-corrected chi connectivity index (χ1v) is 10.8. The molecule has 5 heteroatoms. The van der Waals surface area contributed by atoms with Crippen LogP contribution in [-0.4, -0.2) is 25.7 Å². The Hall–Kier alpha value is -2.32. The van der Waals surface area contributed by atoms with Crippen LogP contribution in [0.2, 0.25) is 0 Å². The summed E-state index contributed by atoms with van der Waals surface area (Å²) in [6.07, 6.45) is 3.46. The highest BCUT2D eigenvalue weighted by atomic mass is 31.1. The van der Waals surface area contributed by atoms with E-state index in [2.05, 4.69) is 70.9 Å². The van der Waals surface area contributed by atoms with Gasteiger partial charge in [-0.1, -0.05) is 49.4 Å². The Morgan fingerprint density at radius 3 is 1.93 bits per heavy atom. The molecule has 3 rings (SSSR count). The molecule has 4 nitrogen and oxygen atoms in total. The normalized spacial score (nSPS) is 15.3. The lowest BCUT2D eigenvalue weighted by Gasteiger charge is -2.34. The lowest BCUT2D eigenvalue weighted by molar-refractivity contribution is -0.142. The van der Waals surface area contributed by atoms with Crippen LogP contribution in [0.5, 0.6) is 0 Å². The Bertz CT molecular complexity index is 717. The van der Waals surface area contributed by atoms with E-state index in [1.54, 1.807) is 0 Å². The summed E-state index contributed by atoms with van der Waals surface area (Å²) in [4.78, 5) is 12.3. The van der Waals surface area contributed by atoms with E-state index in [1.807, 2.05) is 19.1 Å². The van der Waals surface area contributed by atoms with Crippen molar-refractivity contribution in [1.29, 1.82) is 0 Å². The van der Waals surface area contributed by atoms with Gasteiger partial charge in [-0.25, -0.2) is 0 Å². The molecule has 2 aromatic rings. The van der Waals surface area contributed by atoms with Crippen molar-refractivity contribution in [2.75, 3.05) is 29.0 Å². The number of allylic oxidation sites excluding steroid dienone is 1. The van der Waals surface area contributed by atoms with Crippen LogP contribution >= 0.6 is 8.22 Å². The van der Waals surface area contributed by atoms with Gasteiger partial charge in [0.05, 0.1) is 13.0 Å². The average Bonchev–Trinajstić information content (AvgIpc) is 3.14. The van der Waals surface area contributed by atoms with Crippen LogP contribution in [-0.2, 0) is 9.53 Å². The lowest BCUT2D eigenvalue weighted by atomic mass is 10.3. The topological polar surface area (TPSA) is 32.8 Å². The number of hydrogen-bond donors (Lipinski definition) is 0. The first-order valence-electron chi connectivity index (χ1n) is 9.54. The molecule has 0 aliphatic carbocycles. The Kier molecular flexibility index (Phi) is 6.89. The van der Waals surface area contributed by atoms with Gasteiger partial charge in [0.2, 0.25) is 0 Å². The van der Waals surface area contributed by atoms with Crippen molar-refractivity contribution >= 4 is 25.6 Å². The number of anilines is 2. The highest BCUT2D eigenvalue weighted by molar-refractivity contribution is 7.65. The molecule has 0 saturated carbocycles. The molecule has 1 aliphatic rings. The summed E-state index contributed by atoms with van der Waals surface area (Å²) in [6.45, 7) is 6.27. The number of carbonyl (C=O) groups excluding carboxylic acids is 1. The van der Waals surface area contributed by atoms with E-state index in [-0.39, 0.29) is 5.97 Å². The van der Waals surface area contributed by atoms with Gasteiger partial charge in [-0.2, -0.15) is 0 Å². The highest BCUT2D eigenvalue weighted by Crippen LogP contribution is 2.59. The molecule has 0 atom stereocenters. The van der Waals surface area contributed by atoms with Gasteiger partial charge in [-0.3, -0.25) is 4.79 Å². The molecule has 142 valence electrons. The molecule has 0 N–H and O–H groups in total. The summed E-state index contributed by atoms with van der Waals surface area (Å²) in [7, 11) is -0.810. The molecule has 0 spiro atoms. The second-order valence-corrected chi connectivity index (χ2v) is 8.41. The van der Waals surface area contributed by atoms with E-state index < -0.39 is 8.22 Å². The first-order chi connectivity index (χ1) is 13.2. The van der Waals surface area contributed by atoms with E-state index in [0.717, 1.165) is 24.8 Å². The number of carbonyl (C=O) groups is 1. The minimum Gasteiger partial charge on any atom is -0.466 e. The van der Waals surface area contributed by atoms with Crippen molar-refractivity contribution < 1.29 is 9.53 Å². The molecular formula is C22H27N2O2P. The minimum absolute atomic E-state index is 0.146. The zero-order chi connectivity index (χ0) is 19.1. The summed E-state index contributed by atoms with van der Waals surface area (Å²) in [5.41, 5.74) is 2.40. The van der Waals surface area contributed by atoms with E-state index >= 15 is 0 Å². The van der Waals surface area contributed by atoms with Crippen molar-refractivity contribution in [2.24, 2.45) is 0 Å². The van der Waals surface area contributed by atoms with Crippen LogP contribution in [0.25, 0.3) is 0 Å². The molecule has 1 fully saturated rings. The van der Waals surface area contributed by atoms with Gasteiger partial charge in [-0.15, -0.1) is 0 Å². The van der Waals surface area contributed by atoms with Gasteiger partial charge >= 0.3 is 5.97 Å². The fourth-order valence-corrected chi connectivity index (χ4v) is 6.08. The highest BCUT2D eigenvalue weighted by Gasteiger charge is 2.36. The largest absolute Gasteiger partial charge is 0.466 e. The molecule has 0 radical (unpaired) electrons. The molecule has 0 unspecified atom stereocenters. The molecule has 0 bridgehead atoms. The van der Waals surface area contributed by atoms with Crippen LogP contribution in [0.4, 0.5) is 11.4 Å². The van der Waals surface area contributed by atoms with Gasteiger partial charge in [0.15, 0.2) is 0 Å². The standard InChI is InChI=1S/C22H27N2O2P/c1-3-11-21(18-22(25)26-4-2)27-23(19-12-7-5-8-13-19)16-17-24(27)20-14-9-6-10-15-20/h5-15H,3-4,16-18H2,1-2H3/b21-11+. The number of nitrogens with zero attached hydrogens (tertiary/aromatic N) is 2. The van der Waals surface area contributed by atoms with Gasteiger partial charge in [0.25, 0.3) is 0 Å². The smallest absolute Gasteiger partial charge is 0.310 e. The van der Waals surface area contributed by atoms with E-state index in [9.17, 15) is 4.79 Å². The first kappa shape index (κ1) is 19.4. The van der Waals surface area contributed by atoms with Crippen molar-refractivity contribution in [2.45, 2.75) is 26.7 Å². The van der Waals surface area contributed by atoms with Crippen molar-refractivity contribution in [1.82, 2.24) is 0 Å². The number of ether oxygens (including phenoxy) is 1. The van der Waals surface area contributed by atoms with Crippen LogP contribution in [0, 0.1) is 0 Å². The van der Waals surface area contributed by atoms with Crippen LogP contribution < -0.4 is 9.34 Å². The Labute approximate surface area is 163 Å². The van der Waals surface area contributed by atoms with Crippen molar-refractivity contribution in [3.05, 3.63) is 72.1 Å². The van der Waals surface area contributed by atoms with E-state index in [0.29, 0.717) is 13.0 Å². The summed E-state index contributed by atoms with van der Waals surface area (Å²) < 4.78 is 10.1. The fourth-order valence-electron chi connectivity index (χ4n) is 3.32. The quantitative estimate of drug-likeness (QED) is 0.463. The zero-order valence-electron chi connectivity index (χ0n) is 16.0. The molecule has 0 amide bonds. The molecule has 27 heavy (non-hydrogen) atoms. The van der Waals surface area contributed by atoms with Crippen molar-refractivity contribution in [3.8, 4) is 0 Å². The minimum atomic E-state index is -0.810. The molecule has 2 aromatic carbocycles. The number of rotatable bonds is 7. The third kappa shape index (κ3) is 4.70. The number of esters is 1. The van der Waals surface area contributed by atoms with Gasteiger partial charge < -0.3 is 14.1 Å². The average molecular weight is 382 g/mol. The lowest BCUT2D eigenvalue weighted by Crippen LogP contribution is -2.18. The Morgan fingerprint density at radius 2 is 1.48 bits per heavy atom. The molecule has 1 saturated heterocycles.